The summed E-state index contributed by atoms with van der Waals surface area (Å²) in [6, 6.07) is 2.22. The number of aromatic nitrogens is 1. The first kappa shape index (κ1) is 22.8. The van der Waals surface area contributed by atoms with Crippen molar-refractivity contribution in [3.8, 4) is 0 Å². The lowest BCUT2D eigenvalue weighted by Crippen LogP contribution is -2.13. The average molecular weight is 338 g/mol. The molecule has 0 radical (unpaired) electrons. The number of alkyl halides is 1. The standard InChI is InChI=1S/C18H27NO.C2H6.CH3F/c1-4-6-15(9-10-20)16-7-8-18-17(12-16)14(5-2)11-13(3)19-18;2*1-2/h11-12,15,20H,4-10H2,1-3H3;1-2H3;1H3. The van der Waals surface area contributed by atoms with Crippen LogP contribution >= 0.6 is 0 Å². The van der Waals surface area contributed by atoms with Crippen molar-refractivity contribution in [2.75, 3.05) is 13.8 Å². The van der Waals surface area contributed by atoms with Gasteiger partial charge in [0.05, 0.1) is 7.18 Å². The van der Waals surface area contributed by atoms with Crippen LogP contribution in [0.2, 0.25) is 0 Å². The van der Waals surface area contributed by atoms with E-state index >= 15 is 0 Å². The van der Waals surface area contributed by atoms with Gasteiger partial charge in [0.1, 0.15) is 0 Å². The van der Waals surface area contributed by atoms with Crippen molar-refractivity contribution < 1.29 is 9.50 Å². The highest BCUT2D eigenvalue weighted by Crippen LogP contribution is 2.33. The lowest BCUT2D eigenvalue weighted by atomic mass is 9.82. The van der Waals surface area contributed by atoms with E-state index in [2.05, 4.69) is 32.9 Å². The minimum atomic E-state index is 0.293. The second kappa shape index (κ2) is 13.1. The fraction of sp³-hybridized carbons (Fsp3) is 0.667. The molecule has 1 aromatic heterocycles. The van der Waals surface area contributed by atoms with Gasteiger partial charge in [-0.1, -0.05) is 45.8 Å². The highest BCUT2D eigenvalue weighted by Gasteiger charge is 2.20. The van der Waals surface area contributed by atoms with Crippen molar-refractivity contribution in [1.82, 2.24) is 4.98 Å². The Morgan fingerprint density at radius 2 is 1.83 bits per heavy atom. The van der Waals surface area contributed by atoms with Crippen molar-refractivity contribution >= 4 is 6.08 Å². The Hall–Kier alpha value is -1.22. The highest BCUT2D eigenvalue weighted by molar-refractivity contribution is 5.62. The van der Waals surface area contributed by atoms with Crippen LogP contribution in [-0.2, 0) is 12.8 Å². The number of halogens is 1. The van der Waals surface area contributed by atoms with Crippen LogP contribution in [0.1, 0.15) is 75.9 Å². The zero-order valence-electron chi connectivity index (χ0n) is 16.5. The number of aliphatic hydroxyl groups excluding tert-OH is 1. The third kappa shape index (κ3) is 6.35. The summed E-state index contributed by atoms with van der Waals surface area (Å²) in [6.45, 7) is 10.8. The first-order valence-corrected chi connectivity index (χ1v) is 9.38. The molecule has 1 heterocycles. The fourth-order valence-corrected chi connectivity index (χ4v) is 3.34. The Balaban J connectivity index is 0.00000123. The first-order valence-electron chi connectivity index (χ1n) is 9.38. The molecule has 0 amide bonds. The van der Waals surface area contributed by atoms with Gasteiger partial charge in [-0.15, -0.1) is 0 Å². The third-order valence-corrected chi connectivity index (χ3v) is 4.35. The zero-order valence-corrected chi connectivity index (χ0v) is 16.5. The van der Waals surface area contributed by atoms with E-state index in [1.165, 1.54) is 35.2 Å². The van der Waals surface area contributed by atoms with Gasteiger partial charge in [0.2, 0.25) is 0 Å². The zero-order chi connectivity index (χ0) is 18.5. The SMILES string of the molecule is CC.CCCC(CCO)C1=Cc2c(CC)cc(C)nc2CC1.CF. The lowest BCUT2D eigenvalue weighted by molar-refractivity contribution is 0.261. The number of nitrogens with zero attached hydrogens (tertiary/aromatic N) is 1. The van der Waals surface area contributed by atoms with Crippen molar-refractivity contribution in [3.63, 3.8) is 0 Å². The molecule has 0 fully saturated rings. The normalized spacial score (nSPS) is 13.6. The molecule has 2 rings (SSSR count). The number of rotatable bonds is 6. The summed E-state index contributed by atoms with van der Waals surface area (Å²) in [7, 11) is 0.500. The molecule has 1 atom stereocenters. The van der Waals surface area contributed by atoms with Gasteiger partial charge >= 0.3 is 0 Å². The lowest BCUT2D eigenvalue weighted by Gasteiger charge is -2.25. The van der Waals surface area contributed by atoms with Crippen LogP contribution in [0.15, 0.2) is 11.6 Å². The van der Waals surface area contributed by atoms with Crippen LogP contribution in [0.4, 0.5) is 4.39 Å². The van der Waals surface area contributed by atoms with Crippen molar-refractivity contribution in [1.29, 1.82) is 0 Å². The van der Waals surface area contributed by atoms with Crippen LogP contribution in [0.3, 0.4) is 0 Å². The Bertz CT molecular complexity index is 491. The molecule has 24 heavy (non-hydrogen) atoms. The number of hydrogen-bond donors (Lipinski definition) is 1. The third-order valence-electron chi connectivity index (χ3n) is 4.35. The van der Waals surface area contributed by atoms with E-state index in [-0.39, 0.29) is 0 Å². The molecule has 0 aromatic carbocycles. The maximum Gasteiger partial charge on any atom is 0.0785 e. The highest BCUT2D eigenvalue weighted by atomic mass is 19.1. The van der Waals surface area contributed by atoms with Gasteiger partial charge in [-0.3, -0.25) is 9.37 Å². The average Bonchev–Trinajstić information content (AvgIpc) is 2.63. The molecule has 0 saturated heterocycles. The Morgan fingerprint density at radius 3 is 2.38 bits per heavy atom. The predicted octanol–water partition coefficient (Wildman–Crippen LogP) is 5.69. The molecule has 2 nitrogen and oxygen atoms in total. The molecule has 3 heteroatoms. The van der Waals surface area contributed by atoms with E-state index in [0.29, 0.717) is 19.7 Å². The molecule has 138 valence electrons. The van der Waals surface area contributed by atoms with Gasteiger partial charge in [0.25, 0.3) is 0 Å². The van der Waals surface area contributed by atoms with E-state index in [1.54, 1.807) is 0 Å². The number of aryl methyl sites for hydroxylation is 3. The van der Waals surface area contributed by atoms with Crippen molar-refractivity contribution in [3.05, 3.63) is 34.2 Å². The van der Waals surface area contributed by atoms with E-state index in [0.717, 1.165) is 31.4 Å². The minimum absolute atomic E-state index is 0.293. The summed E-state index contributed by atoms with van der Waals surface area (Å²) in [5, 5.41) is 9.29. The quantitative estimate of drug-likeness (QED) is 0.723. The predicted molar refractivity (Wildman–Crippen MR) is 103 cm³/mol. The molecule has 0 aliphatic heterocycles. The molecule has 0 saturated carbocycles. The molecule has 0 bridgehead atoms. The van der Waals surface area contributed by atoms with Gasteiger partial charge in [-0.25, -0.2) is 0 Å². The summed E-state index contributed by atoms with van der Waals surface area (Å²) in [5.74, 6) is 0.546. The smallest absolute Gasteiger partial charge is 0.0785 e. The van der Waals surface area contributed by atoms with Gasteiger partial charge < -0.3 is 5.11 Å². The van der Waals surface area contributed by atoms with Crippen LogP contribution < -0.4 is 0 Å². The van der Waals surface area contributed by atoms with Crippen LogP contribution in [-0.4, -0.2) is 23.9 Å². The summed E-state index contributed by atoms with van der Waals surface area (Å²) in [4.78, 5) is 4.71. The van der Waals surface area contributed by atoms with Crippen LogP contribution in [0.25, 0.3) is 6.08 Å². The van der Waals surface area contributed by atoms with Gasteiger partial charge in [0, 0.05) is 18.0 Å². The van der Waals surface area contributed by atoms with Crippen molar-refractivity contribution in [2.45, 2.75) is 73.1 Å². The summed E-state index contributed by atoms with van der Waals surface area (Å²) < 4.78 is 9.50. The number of fused-ring (bicyclic) bond motifs is 1. The number of hydrogen-bond acceptors (Lipinski definition) is 2. The van der Waals surface area contributed by atoms with Gasteiger partial charge in [0.15, 0.2) is 0 Å². The molecular formula is C21H36FNO. The Labute approximate surface area is 148 Å². The van der Waals surface area contributed by atoms with Gasteiger partial charge in [-0.2, -0.15) is 0 Å². The number of allylic oxidation sites excluding steroid dienone is 1. The van der Waals surface area contributed by atoms with Crippen LogP contribution in [0, 0.1) is 12.8 Å². The van der Waals surface area contributed by atoms with E-state index in [4.69, 9.17) is 4.98 Å². The molecular weight excluding hydrogens is 301 g/mol. The first-order chi connectivity index (χ1) is 11.7. The number of aliphatic hydroxyl groups is 1. The van der Waals surface area contributed by atoms with E-state index in [1.807, 2.05) is 13.8 Å². The molecule has 1 aliphatic carbocycles. The maximum atomic E-state index is 9.50. The monoisotopic (exact) mass is 337 g/mol. The molecule has 1 aromatic rings. The summed E-state index contributed by atoms with van der Waals surface area (Å²) in [5.41, 5.74) is 6.71. The Morgan fingerprint density at radius 1 is 1.17 bits per heavy atom. The van der Waals surface area contributed by atoms with E-state index in [9.17, 15) is 9.50 Å². The van der Waals surface area contributed by atoms with Crippen molar-refractivity contribution in [2.24, 2.45) is 5.92 Å². The summed E-state index contributed by atoms with van der Waals surface area (Å²) >= 11 is 0. The molecule has 1 unspecified atom stereocenters. The molecule has 0 spiro atoms. The molecule has 1 aliphatic rings. The maximum absolute atomic E-state index is 9.50. The topological polar surface area (TPSA) is 33.1 Å². The van der Waals surface area contributed by atoms with Gasteiger partial charge in [-0.05, 0) is 62.1 Å². The largest absolute Gasteiger partial charge is 0.396 e. The Kier molecular flexibility index (Phi) is 12.4. The molecule has 1 N–H and O–H groups in total. The second-order valence-electron chi connectivity index (χ2n) is 5.85. The second-order valence-corrected chi connectivity index (χ2v) is 5.85. The van der Waals surface area contributed by atoms with E-state index < -0.39 is 0 Å². The van der Waals surface area contributed by atoms with Crippen LogP contribution in [0.5, 0.6) is 0 Å². The fourth-order valence-electron chi connectivity index (χ4n) is 3.34. The summed E-state index contributed by atoms with van der Waals surface area (Å²) in [6.07, 6.45) is 8.87. The number of pyridine rings is 1. The minimum Gasteiger partial charge on any atom is -0.396 e.